The van der Waals surface area contributed by atoms with Crippen LogP contribution in [0, 0.1) is 6.92 Å². The normalized spacial score (nSPS) is 11.9. The minimum Gasteiger partial charge on any atom is -0.493 e. The lowest BCUT2D eigenvalue weighted by atomic mass is 10.1. The molecule has 0 aliphatic heterocycles. The second-order valence-electron chi connectivity index (χ2n) is 4.94. The Morgan fingerprint density at radius 2 is 1.71 bits per heavy atom. The highest BCUT2D eigenvalue weighted by atomic mass is 79.9. The number of hydrogen-bond acceptors (Lipinski definition) is 3. The largest absolute Gasteiger partial charge is 0.493 e. The van der Waals surface area contributed by atoms with Crippen molar-refractivity contribution in [2.45, 2.75) is 19.9 Å². The Morgan fingerprint density at radius 3 is 2.38 bits per heavy atom. The Morgan fingerprint density at radius 1 is 1.00 bits per heavy atom. The van der Waals surface area contributed by atoms with Crippen LogP contribution in [0.1, 0.15) is 24.1 Å². The number of methoxy groups -OCH3 is 2. The molecule has 0 fully saturated rings. The minimum absolute atomic E-state index is 0.165. The van der Waals surface area contributed by atoms with Crippen molar-refractivity contribution in [2.24, 2.45) is 0 Å². The quantitative estimate of drug-likeness (QED) is 0.828. The summed E-state index contributed by atoms with van der Waals surface area (Å²) in [6.45, 7) is 4.22. The molecule has 1 N–H and O–H groups in total. The third-order valence-corrected chi connectivity index (χ3v) is 3.97. The fourth-order valence-electron chi connectivity index (χ4n) is 2.19. The number of nitrogens with one attached hydrogen (secondary N) is 1. The third kappa shape index (κ3) is 3.70. The van der Waals surface area contributed by atoms with Crippen LogP contribution in [-0.2, 0) is 0 Å². The lowest BCUT2D eigenvalue weighted by Crippen LogP contribution is -2.08. The van der Waals surface area contributed by atoms with Crippen molar-refractivity contribution in [3.63, 3.8) is 0 Å². The number of halogens is 1. The predicted molar refractivity (Wildman–Crippen MR) is 90.5 cm³/mol. The molecule has 0 radical (unpaired) electrons. The van der Waals surface area contributed by atoms with E-state index >= 15 is 0 Å². The highest BCUT2D eigenvalue weighted by molar-refractivity contribution is 9.10. The molecule has 0 heterocycles. The molecule has 21 heavy (non-hydrogen) atoms. The Kier molecular flexibility index (Phi) is 5.12. The van der Waals surface area contributed by atoms with Gasteiger partial charge in [0.05, 0.1) is 14.2 Å². The SMILES string of the molecule is COc1ccc(C(C)Nc2cc(Br)ccc2C)cc1OC. The summed E-state index contributed by atoms with van der Waals surface area (Å²) in [5.41, 5.74) is 3.48. The summed E-state index contributed by atoms with van der Waals surface area (Å²) < 4.78 is 11.7. The molecule has 0 saturated carbocycles. The van der Waals surface area contributed by atoms with Crippen LogP contribution in [-0.4, -0.2) is 14.2 Å². The van der Waals surface area contributed by atoms with Gasteiger partial charge in [-0.1, -0.05) is 28.1 Å². The van der Waals surface area contributed by atoms with E-state index in [9.17, 15) is 0 Å². The zero-order valence-electron chi connectivity index (χ0n) is 12.7. The average molecular weight is 350 g/mol. The van der Waals surface area contributed by atoms with Crippen LogP contribution in [0.25, 0.3) is 0 Å². The summed E-state index contributed by atoms with van der Waals surface area (Å²) in [5.74, 6) is 1.49. The summed E-state index contributed by atoms with van der Waals surface area (Å²) in [7, 11) is 3.29. The molecule has 4 heteroatoms. The molecular formula is C17H20BrNO2. The predicted octanol–water partition coefficient (Wildman–Crippen LogP) is 4.95. The highest BCUT2D eigenvalue weighted by Gasteiger charge is 2.11. The molecule has 0 aliphatic carbocycles. The summed E-state index contributed by atoms with van der Waals surface area (Å²) in [5, 5.41) is 3.53. The van der Waals surface area contributed by atoms with Gasteiger partial charge in [0.15, 0.2) is 11.5 Å². The Hall–Kier alpha value is -1.68. The van der Waals surface area contributed by atoms with Crippen LogP contribution < -0.4 is 14.8 Å². The van der Waals surface area contributed by atoms with E-state index < -0.39 is 0 Å². The van der Waals surface area contributed by atoms with Crippen LogP contribution in [0.2, 0.25) is 0 Å². The van der Waals surface area contributed by atoms with Crippen LogP contribution >= 0.6 is 15.9 Å². The molecule has 0 spiro atoms. The first-order valence-corrected chi connectivity index (χ1v) is 7.59. The van der Waals surface area contributed by atoms with Gasteiger partial charge in [-0.3, -0.25) is 0 Å². The maximum Gasteiger partial charge on any atom is 0.161 e. The maximum absolute atomic E-state index is 5.36. The number of aryl methyl sites for hydroxylation is 1. The van der Waals surface area contributed by atoms with Crippen LogP contribution in [0.15, 0.2) is 40.9 Å². The van der Waals surface area contributed by atoms with Crippen molar-refractivity contribution in [1.82, 2.24) is 0 Å². The Labute approximate surface area is 134 Å². The highest BCUT2D eigenvalue weighted by Crippen LogP contribution is 2.32. The van der Waals surface area contributed by atoms with Gasteiger partial charge in [0, 0.05) is 16.2 Å². The first-order valence-electron chi connectivity index (χ1n) is 6.79. The lowest BCUT2D eigenvalue weighted by molar-refractivity contribution is 0.354. The fraction of sp³-hybridized carbons (Fsp3) is 0.294. The zero-order valence-corrected chi connectivity index (χ0v) is 14.3. The number of rotatable bonds is 5. The van der Waals surface area contributed by atoms with Crippen molar-refractivity contribution < 1.29 is 9.47 Å². The number of benzene rings is 2. The summed E-state index contributed by atoms with van der Waals surface area (Å²) in [6.07, 6.45) is 0. The average Bonchev–Trinajstić information content (AvgIpc) is 2.50. The molecular weight excluding hydrogens is 330 g/mol. The van der Waals surface area contributed by atoms with Gasteiger partial charge in [0.1, 0.15) is 0 Å². The smallest absolute Gasteiger partial charge is 0.161 e. The van der Waals surface area contributed by atoms with E-state index in [1.165, 1.54) is 5.56 Å². The van der Waals surface area contributed by atoms with Gasteiger partial charge in [0.2, 0.25) is 0 Å². The van der Waals surface area contributed by atoms with Crippen LogP contribution in [0.4, 0.5) is 5.69 Å². The third-order valence-electron chi connectivity index (χ3n) is 3.48. The molecule has 0 aromatic heterocycles. The van der Waals surface area contributed by atoms with E-state index in [-0.39, 0.29) is 6.04 Å². The van der Waals surface area contributed by atoms with Crippen LogP contribution in [0.5, 0.6) is 11.5 Å². The van der Waals surface area contributed by atoms with Gasteiger partial charge in [-0.15, -0.1) is 0 Å². The second kappa shape index (κ2) is 6.85. The molecule has 0 saturated heterocycles. The monoisotopic (exact) mass is 349 g/mol. The van der Waals surface area contributed by atoms with Gasteiger partial charge >= 0.3 is 0 Å². The first kappa shape index (κ1) is 15.7. The van der Waals surface area contributed by atoms with E-state index in [1.807, 2.05) is 24.3 Å². The zero-order chi connectivity index (χ0) is 15.4. The lowest BCUT2D eigenvalue weighted by Gasteiger charge is -2.19. The fourth-order valence-corrected chi connectivity index (χ4v) is 2.55. The van der Waals surface area contributed by atoms with Crippen molar-refractivity contribution in [3.05, 3.63) is 52.0 Å². The number of hydrogen-bond donors (Lipinski definition) is 1. The van der Waals surface area contributed by atoms with Gasteiger partial charge in [-0.2, -0.15) is 0 Å². The maximum atomic E-state index is 5.36. The van der Waals surface area contributed by atoms with E-state index in [0.29, 0.717) is 0 Å². The van der Waals surface area contributed by atoms with Gasteiger partial charge in [-0.25, -0.2) is 0 Å². The van der Waals surface area contributed by atoms with E-state index in [4.69, 9.17) is 9.47 Å². The van der Waals surface area contributed by atoms with Crippen molar-refractivity contribution in [1.29, 1.82) is 0 Å². The molecule has 3 nitrogen and oxygen atoms in total. The topological polar surface area (TPSA) is 30.5 Å². The Bertz CT molecular complexity index is 628. The summed E-state index contributed by atoms with van der Waals surface area (Å²) in [4.78, 5) is 0. The molecule has 112 valence electrons. The van der Waals surface area contributed by atoms with E-state index in [1.54, 1.807) is 14.2 Å². The first-order chi connectivity index (χ1) is 10.0. The number of anilines is 1. The molecule has 1 unspecified atom stereocenters. The van der Waals surface area contributed by atoms with Gasteiger partial charge in [0.25, 0.3) is 0 Å². The van der Waals surface area contributed by atoms with Crippen LogP contribution in [0.3, 0.4) is 0 Å². The standard InChI is InChI=1S/C17H20BrNO2/c1-11-5-7-14(18)10-15(11)19-12(2)13-6-8-16(20-3)17(9-13)21-4/h5-10,12,19H,1-4H3. The summed E-state index contributed by atoms with van der Waals surface area (Å²) >= 11 is 3.51. The Balaban J connectivity index is 2.24. The summed E-state index contributed by atoms with van der Waals surface area (Å²) in [6, 6.07) is 12.4. The molecule has 1 atom stereocenters. The van der Waals surface area contributed by atoms with Crippen molar-refractivity contribution >= 4 is 21.6 Å². The van der Waals surface area contributed by atoms with E-state index in [2.05, 4.69) is 47.2 Å². The van der Waals surface area contributed by atoms with Gasteiger partial charge in [-0.05, 0) is 49.2 Å². The molecule has 0 aliphatic rings. The van der Waals surface area contributed by atoms with E-state index in [0.717, 1.165) is 27.2 Å². The van der Waals surface area contributed by atoms with Crippen molar-refractivity contribution in [2.75, 3.05) is 19.5 Å². The molecule has 0 bridgehead atoms. The van der Waals surface area contributed by atoms with Crippen molar-refractivity contribution in [3.8, 4) is 11.5 Å². The number of ether oxygens (including phenoxy) is 2. The van der Waals surface area contributed by atoms with Gasteiger partial charge < -0.3 is 14.8 Å². The molecule has 2 aromatic carbocycles. The minimum atomic E-state index is 0.165. The molecule has 0 amide bonds. The second-order valence-corrected chi connectivity index (χ2v) is 5.86. The molecule has 2 rings (SSSR count). The molecule has 2 aromatic rings.